The quantitative estimate of drug-likeness (QED) is 0.776. The van der Waals surface area contributed by atoms with Gasteiger partial charge >= 0.3 is 0 Å². The maximum Gasteiger partial charge on any atom is 0.248 e. The van der Waals surface area contributed by atoms with Crippen LogP contribution in [0.2, 0.25) is 10.0 Å². The standard InChI is InChI=1S/C9H6Cl2N6/c10-6-4(3-12)1-2-5(7(6)11)14-9-15-8(13)16-17-9/h1-2H,(H4,13,14,15,16,17). The average Bonchev–Trinajstić information content (AvgIpc) is 2.71. The predicted octanol–water partition coefficient (Wildman–Crippen LogP) is 2.31. The molecule has 0 fully saturated rings. The second-order valence-electron chi connectivity index (χ2n) is 3.07. The fourth-order valence-electron chi connectivity index (χ4n) is 1.18. The van der Waals surface area contributed by atoms with E-state index in [2.05, 4.69) is 20.5 Å². The number of nitrogen functional groups attached to an aromatic ring is 1. The fraction of sp³-hybridized carbons (Fsp3) is 0. The van der Waals surface area contributed by atoms with Crippen molar-refractivity contribution in [1.82, 2.24) is 15.2 Å². The average molecular weight is 269 g/mol. The summed E-state index contributed by atoms with van der Waals surface area (Å²) < 4.78 is 0. The molecule has 0 saturated carbocycles. The molecule has 0 aliphatic rings. The number of nitriles is 1. The van der Waals surface area contributed by atoms with Crippen molar-refractivity contribution in [3.63, 3.8) is 0 Å². The molecule has 0 aliphatic carbocycles. The molecule has 8 heteroatoms. The van der Waals surface area contributed by atoms with E-state index in [0.29, 0.717) is 11.3 Å². The van der Waals surface area contributed by atoms with Crippen LogP contribution in [0.1, 0.15) is 5.56 Å². The highest BCUT2D eigenvalue weighted by Crippen LogP contribution is 2.33. The van der Waals surface area contributed by atoms with Gasteiger partial charge in [-0.3, -0.25) is 0 Å². The number of aromatic nitrogens is 3. The van der Waals surface area contributed by atoms with Gasteiger partial charge in [0.25, 0.3) is 0 Å². The van der Waals surface area contributed by atoms with Crippen LogP contribution in [0.15, 0.2) is 12.1 Å². The third kappa shape index (κ3) is 2.25. The van der Waals surface area contributed by atoms with Crippen molar-refractivity contribution in [2.75, 3.05) is 11.1 Å². The van der Waals surface area contributed by atoms with Gasteiger partial charge in [-0.1, -0.05) is 23.2 Å². The van der Waals surface area contributed by atoms with Crippen LogP contribution < -0.4 is 11.1 Å². The smallest absolute Gasteiger partial charge is 0.248 e. The molecule has 0 saturated heterocycles. The predicted molar refractivity (Wildman–Crippen MR) is 65.3 cm³/mol. The molecule has 1 aromatic heterocycles. The van der Waals surface area contributed by atoms with Crippen LogP contribution in [0.3, 0.4) is 0 Å². The third-order valence-electron chi connectivity index (χ3n) is 1.95. The molecule has 2 aromatic rings. The van der Waals surface area contributed by atoms with Gasteiger partial charge in [0.15, 0.2) is 0 Å². The third-order valence-corrected chi connectivity index (χ3v) is 2.83. The van der Waals surface area contributed by atoms with Gasteiger partial charge < -0.3 is 11.1 Å². The Labute approximate surface area is 106 Å². The number of nitrogens with one attached hydrogen (secondary N) is 2. The van der Waals surface area contributed by atoms with Gasteiger partial charge in [-0.25, -0.2) is 5.10 Å². The summed E-state index contributed by atoms with van der Waals surface area (Å²) in [6, 6.07) is 5.09. The Balaban J connectivity index is 2.35. The van der Waals surface area contributed by atoms with E-state index in [0.717, 1.165) is 0 Å². The summed E-state index contributed by atoms with van der Waals surface area (Å²) in [6.45, 7) is 0. The van der Waals surface area contributed by atoms with Crippen molar-refractivity contribution in [1.29, 1.82) is 5.26 Å². The van der Waals surface area contributed by atoms with E-state index >= 15 is 0 Å². The zero-order chi connectivity index (χ0) is 12.4. The van der Waals surface area contributed by atoms with E-state index in [-0.39, 0.29) is 21.9 Å². The molecule has 0 aliphatic heterocycles. The molecule has 6 nitrogen and oxygen atoms in total. The number of hydrogen-bond acceptors (Lipinski definition) is 5. The van der Waals surface area contributed by atoms with Gasteiger partial charge in [0.2, 0.25) is 11.9 Å². The Kier molecular flexibility index (Phi) is 3.04. The molecule has 0 unspecified atom stereocenters. The van der Waals surface area contributed by atoms with Crippen molar-refractivity contribution in [3.05, 3.63) is 27.7 Å². The first-order valence-corrected chi connectivity index (χ1v) is 5.20. The molecule has 0 bridgehead atoms. The topological polar surface area (TPSA) is 103 Å². The van der Waals surface area contributed by atoms with Gasteiger partial charge in [-0.05, 0) is 12.1 Å². The van der Waals surface area contributed by atoms with E-state index in [1.54, 1.807) is 12.1 Å². The Morgan fingerprint density at radius 3 is 2.71 bits per heavy atom. The second-order valence-corrected chi connectivity index (χ2v) is 3.83. The molecule has 0 amide bonds. The number of hydrogen-bond donors (Lipinski definition) is 3. The largest absolute Gasteiger partial charge is 0.368 e. The Bertz CT molecular complexity index is 600. The normalized spacial score (nSPS) is 9.94. The van der Waals surface area contributed by atoms with Crippen LogP contribution in [0.4, 0.5) is 17.6 Å². The van der Waals surface area contributed by atoms with E-state index < -0.39 is 0 Å². The van der Waals surface area contributed by atoms with E-state index in [1.807, 2.05) is 6.07 Å². The lowest BCUT2D eigenvalue weighted by Gasteiger charge is -2.06. The van der Waals surface area contributed by atoms with E-state index in [9.17, 15) is 0 Å². The lowest BCUT2D eigenvalue weighted by atomic mass is 10.2. The van der Waals surface area contributed by atoms with Crippen LogP contribution >= 0.6 is 23.2 Å². The molecule has 0 atom stereocenters. The Morgan fingerprint density at radius 2 is 2.12 bits per heavy atom. The lowest BCUT2D eigenvalue weighted by molar-refractivity contribution is 1.10. The first-order chi connectivity index (χ1) is 8.11. The molecule has 86 valence electrons. The maximum absolute atomic E-state index is 8.77. The highest BCUT2D eigenvalue weighted by atomic mass is 35.5. The van der Waals surface area contributed by atoms with Crippen LogP contribution in [0.5, 0.6) is 0 Å². The summed E-state index contributed by atoms with van der Waals surface area (Å²) in [5.74, 6) is 0.452. The minimum Gasteiger partial charge on any atom is -0.368 e. The number of H-pyrrole nitrogens is 1. The molecule has 0 radical (unpaired) electrons. The Morgan fingerprint density at radius 1 is 1.35 bits per heavy atom. The summed E-state index contributed by atoms with van der Waals surface area (Å²) in [7, 11) is 0. The summed E-state index contributed by atoms with van der Waals surface area (Å²) in [4.78, 5) is 3.85. The molecular formula is C9H6Cl2N6. The highest BCUT2D eigenvalue weighted by Gasteiger charge is 2.11. The van der Waals surface area contributed by atoms with Gasteiger partial charge in [-0.15, -0.1) is 5.10 Å². The summed E-state index contributed by atoms with van der Waals surface area (Å²) in [5, 5.41) is 18.3. The molecule has 17 heavy (non-hydrogen) atoms. The number of nitrogens with two attached hydrogens (primary N) is 1. The zero-order valence-electron chi connectivity index (χ0n) is 8.33. The number of aromatic amines is 1. The van der Waals surface area contributed by atoms with Crippen molar-refractivity contribution in [2.24, 2.45) is 0 Å². The van der Waals surface area contributed by atoms with Gasteiger partial charge in [-0.2, -0.15) is 10.2 Å². The van der Waals surface area contributed by atoms with Crippen LogP contribution in [-0.2, 0) is 0 Å². The SMILES string of the molecule is N#Cc1ccc(Nc2n[nH]c(N)n2)c(Cl)c1Cl. The zero-order valence-corrected chi connectivity index (χ0v) is 9.84. The molecule has 1 aromatic carbocycles. The number of rotatable bonds is 2. The molecule has 0 spiro atoms. The summed E-state index contributed by atoms with van der Waals surface area (Å²) in [6.07, 6.45) is 0. The van der Waals surface area contributed by atoms with Crippen LogP contribution in [0, 0.1) is 11.3 Å². The van der Waals surface area contributed by atoms with Crippen LogP contribution in [0.25, 0.3) is 0 Å². The second kappa shape index (κ2) is 4.49. The fourth-order valence-corrected chi connectivity index (χ4v) is 1.60. The lowest BCUT2D eigenvalue weighted by Crippen LogP contribution is -1.95. The molecule has 2 rings (SSSR count). The number of anilines is 3. The number of halogens is 2. The number of nitrogens with zero attached hydrogens (tertiary/aromatic N) is 3. The summed E-state index contributed by atoms with van der Waals surface area (Å²) >= 11 is 11.9. The van der Waals surface area contributed by atoms with E-state index in [1.165, 1.54) is 0 Å². The number of benzene rings is 1. The first kappa shape index (κ1) is 11.5. The van der Waals surface area contributed by atoms with Gasteiger partial charge in [0.05, 0.1) is 21.3 Å². The first-order valence-electron chi connectivity index (χ1n) is 4.45. The minimum atomic E-state index is 0.183. The minimum absolute atomic E-state index is 0.183. The summed E-state index contributed by atoms with van der Waals surface area (Å²) in [5.41, 5.74) is 6.17. The maximum atomic E-state index is 8.77. The van der Waals surface area contributed by atoms with E-state index in [4.69, 9.17) is 34.2 Å². The molecule has 4 N–H and O–H groups in total. The van der Waals surface area contributed by atoms with Crippen molar-refractivity contribution >= 4 is 40.8 Å². The van der Waals surface area contributed by atoms with Crippen molar-refractivity contribution in [3.8, 4) is 6.07 Å². The van der Waals surface area contributed by atoms with Crippen molar-refractivity contribution < 1.29 is 0 Å². The van der Waals surface area contributed by atoms with Crippen LogP contribution in [-0.4, -0.2) is 15.2 Å². The monoisotopic (exact) mass is 268 g/mol. The van der Waals surface area contributed by atoms with Gasteiger partial charge in [0, 0.05) is 0 Å². The van der Waals surface area contributed by atoms with Crippen molar-refractivity contribution in [2.45, 2.75) is 0 Å². The molecular weight excluding hydrogens is 263 g/mol. The Hall–Kier alpha value is -1.97. The highest BCUT2D eigenvalue weighted by molar-refractivity contribution is 6.44. The molecule has 1 heterocycles. The van der Waals surface area contributed by atoms with Gasteiger partial charge in [0.1, 0.15) is 6.07 Å².